The highest BCUT2D eigenvalue weighted by Gasteiger charge is 2.30. The van der Waals surface area contributed by atoms with Crippen molar-refractivity contribution < 1.29 is 17.9 Å². The minimum absolute atomic E-state index is 0.0337. The zero-order valence-electron chi connectivity index (χ0n) is 14.6. The Labute approximate surface area is 152 Å². The second-order valence-corrected chi connectivity index (χ2v) is 7.93. The summed E-state index contributed by atoms with van der Waals surface area (Å²) in [7, 11) is -2.34. The fraction of sp³-hybridized carbons (Fsp3) is 0.333. The Balaban J connectivity index is 1.83. The maximum Gasteiger partial charge on any atom is 0.251 e. The number of sulfonamides is 1. The molecule has 1 aromatic heterocycles. The van der Waals surface area contributed by atoms with Crippen molar-refractivity contribution >= 4 is 15.9 Å². The monoisotopic (exact) mass is 375 g/mol. The van der Waals surface area contributed by atoms with Gasteiger partial charge in [-0.15, -0.1) is 0 Å². The smallest absolute Gasteiger partial charge is 0.251 e. The van der Waals surface area contributed by atoms with E-state index in [1.807, 2.05) is 13.0 Å². The van der Waals surface area contributed by atoms with Gasteiger partial charge in [-0.2, -0.15) is 0 Å². The van der Waals surface area contributed by atoms with E-state index in [1.165, 1.54) is 19.2 Å². The summed E-state index contributed by atoms with van der Waals surface area (Å²) in [6, 6.07) is 7.73. The van der Waals surface area contributed by atoms with Gasteiger partial charge >= 0.3 is 0 Å². The van der Waals surface area contributed by atoms with Crippen LogP contribution < -0.4 is 14.8 Å². The topological polar surface area (TPSA) is 97.4 Å². The number of nitrogens with zero attached hydrogens (tertiary/aromatic N) is 1. The van der Waals surface area contributed by atoms with Crippen LogP contribution in [0.3, 0.4) is 0 Å². The fourth-order valence-corrected chi connectivity index (χ4v) is 4.01. The van der Waals surface area contributed by atoms with E-state index in [9.17, 15) is 13.2 Å². The summed E-state index contributed by atoms with van der Waals surface area (Å²) in [5.74, 6) is -0.165. The molecule has 1 unspecified atom stereocenters. The van der Waals surface area contributed by atoms with Crippen LogP contribution in [0.1, 0.15) is 41.7 Å². The van der Waals surface area contributed by atoms with Crippen LogP contribution in [0.4, 0.5) is 0 Å². The number of amides is 1. The normalized spacial score (nSPS) is 15.3. The van der Waals surface area contributed by atoms with Crippen LogP contribution in [0.25, 0.3) is 0 Å². The van der Waals surface area contributed by atoms with Gasteiger partial charge in [0.05, 0.1) is 13.2 Å². The van der Waals surface area contributed by atoms with E-state index < -0.39 is 10.0 Å². The van der Waals surface area contributed by atoms with Gasteiger partial charge < -0.3 is 10.1 Å². The van der Waals surface area contributed by atoms with E-state index in [4.69, 9.17) is 4.74 Å². The molecule has 1 saturated carbocycles. The first-order valence-electron chi connectivity index (χ1n) is 8.32. The molecule has 0 aliphatic heterocycles. The zero-order chi connectivity index (χ0) is 18.7. The average Bonchev–Trinajstić information content (AvgIpc) is 3.45. The molecule has 7 nitrogen and oxygen atoms in total. The molecule has 1 aliphatic carbocycles. The van der Waals surface area contributed by atoms with Crippen LogP contribution >= 0.6 is 0 Å². The maximum absolute atomic E-state index is 12.6. The molecule has 26 heavy (non-hydrogen) atoms. The van der Waals surface area contributed by atoms with Crippen LogP contribution in [0, 0.1) is 0 Å². The summed E-state index contributed by atoms with van der Waals surface area (Å²) in [6.07, 6.45) is 4.98. The van der Waals surface area contributed by atoms with Crippen LogP contribution in [0.2, 0.25) is 0 Å². The van der Waals surface area contributed by atoms with Gasteiger partial charge in [0.2, 0.25) is 10.0 Å². The highest BCUT2D eigenvalue weighted by molar-refractivity contribution is 7.89. The van der Waals surface area contributed by atoms with Crippen molar-refractivity contribution in [3.05, 3.63) is 53.9 Å². The number of pyridine rings is 1. The van der Waals surface area contributed by atoms with Crippen LogP contribution in [0.15, 0.2) is 47.6 Å². The first-order chi connectivity index (χ1) is 12.4. The summed E-state index contributed by atoms with van der Waals surface area (Å²) in [6.45, 7) is 1.84. The van der Waals surface area contributed by atoms with E-state index in [-0.39, 0.29) is 34.2 Å². The number of benzene rings is 1. The van der Waals surface area contributed by atoms with Gasteiger partial charge in [0.25, 0.3) is 5.91 Å². The second kappa shape index (κ2) is 7.43. The van der Waals surface area contributed by atoms with Gasteiger partial charge in [-0.3, -0.25) is 9.78 Å². The summed E-state index contributed by atoms with van der Waals surface area (Å²) in [4.78, 5) is 16.6. The van der Waals surface area contributed by atoms with E-state index in [0.717, 1.165) is 18.4 Å². The van der Waals surface area contributed by atoms with E-state index in [0.29, 0.717) is 0 Å². The molecule has 1 atom stereocenters. The molecule has 1 amide bonds. The van der Waals surface area contributed by atoms with Crippen LogP contribution in [0.5, 0.6) is 5.75 Å². The van der Waals surface area contributed by atoms with Gasteiger partial charge in [-0.1, -0.05) is 6.07 Å². The molecule has 1 aliphatic rings. The molecule has 138 valence electrons. The van der Waals surface area contributed by atoms with E-state index >= 15 is 0 Å². The number of hydrogen-bond acceptors (Lipinski definition) is 5. The quantitative estimate of drug-likeness (QED) is 0.772. The molecule has 1 fully saturated rings. The number of carbonyl (C=O) groups excluding carboxylic acids is 1. The first kappa shape index (κ1) is 18.3. The molecule has 8 heteroatoms. The van der Waals surface area contributed by atoms with Crippen molar-refractivity contribution in [2.75, 3.05) is 7.11 Å². The highest BCUT2D eigenvalue weighted by atomic mass is 32.2. The van der Waals surface area contributed by atoms with Gasteiger partial charge in [0.15, 0.2) is 0 Å². The van der Waals surface area contributed by atoms with Gasteiger partial charge in [-0.25, -0.2) is 13.1 Å². The molecule has 1 aromatic carbocycles. The maximum atomic E-state index is 12.6. The summed E-state index contributed by atoms with van der Waals surface area (Å²) in [5.41, 5.74) is 1.11. The highest BCUT2D eigenvalue weighted by Crippen LogP contribution is 2.28. The SMILES string of the molecule is COc1ccc(C(=O)NC(C)c2cccnc2)cc1S(=O)(=O)NC1CC1. The number of rotatable bonds is 7. The Morgan fingerprint density at radius 1 is 1.31 bits per heavy atom. The zero-order valence-corrected chi connectivity index (χ0v) is 15.4. The lowest BCUT2D eigenvalue weighted by atomic mass is 10.1. The van der Waals surface area contributed by atoms with Crippen molar-refractivity contribution in [1.82, 2.24) is 15.0 Å². The molecule has 0 spiro atoms. The van der Waals surface area contributed by atoms with E-state index in [1.54, 1.807) is 24.5 Å². The molecular formula is C18H21N3O4S. The Morgan fingerprint density at radius 3 is 2.69 bits per heavy atom. The Morgan fingerprint density at radius 2 is 2.08 bits per heavy atom. The molecule has 3 rings (SSSR count). The molecular weight excluding hydrogens is 354 g/mol. The van der Waals surface area contributed by atoms with Crippen LogP contribution in [-0.2, 0) is 10.0 Å². The number of methoxy groups -OCH3 is 1. The van der Waals surface area contributed by atoms with Gasteiger partial charge in [0.1, 0.15) is 10.6 Å². The second-order valence-electron chi connectivity index (χ2n) is 6.24. The predicted octanol–water partition coefficient (Wildman–Crippen LogP) is 2.02. The summed E-state index contributed by atoms with van der Waals surface area (Å²) < 4.78 is 32.9. The molecule has 2 N–H and O–H groups in total. The van der Waals surface area contributed by atoms with Crippen molar-refractivity contribution in [2.45, 2.75) is 36.7 Å². The minimum Gasteiger partial charge on any atom is -0.495 e. The number of carbonyl (C=O) groups is 1. The van der Waals surface area contributed by atoms with E-state index in [2.05, 4.69) is 15.0 Å². The number of ether oxygens (including phenoxy) is 1. The van der Waals surface area contributed by atoms with Gasteiger partial charge in [-0.05, 0) is 49.6 Å². The summed E-state index contributed by atoms with van der Waals surface area (Å²) in [5, 5.41) is 2.85. The first-order valence-corrected chi connectivity index (χ1v) is 9.80. The average molecular weight is 375 g/mol. The third-order valence-corrected chi connectivity index (χ3v) is 5.69. The molecule has 0 radical (unpaired) electrons. The number of hydrogen-bond donors (Lipinski definition) is 2. The lowest BCUT2D eigenvalue weighted by molar-refractivity contribution is 0.0939. The molecule has 0 bridgehead atoms. The standard InChI is InChI=1S/C18H21N3O4S/c1-12(14-4-3-9-19-11-14)20-18(22)13-5-8-16(25-2)17(10-13)26(23,24)21-15-6-7-15/h3-5,8-12,15,21H,6-7H2,1-2H3,(H,20,22). The Hall–Kier alpha value is -2.45. The van der Waals surface area contributed by atoms with Crippen molar-refractivity contribution in [1.29, 1.82) is 0 Å². The lowest BCUT2D eigenvalue weighted by Gasteiger charge is -2.15. The predicted molar refractivity (Wildman–Crippen MR) is 96.5 cm³/mol. The van der Waals surface area contributed by atoms with Crippen LogP contribution in [-0.4, -0.2) is 32.5 Å². The van der Waals surface area contributed by atoms with Crippen molar-refractivity contribution in [3.8, 4) is 5.75 Å². The molecule has 2 aromatic rings. The Bertz CT molecular complexity index is 896. The molecule has 1 heterocycles. The summed E-state index contributed by atoms with van der Waals surface area (Å²) >= 11 is 0. The molecule has 0 saturated heterocycles. The third kappa shape index (κ3) is 4.20. The third-order valence-electron chi connectivity index (χ3n) is 4.15. The fourth-order valence-electron chi connectivity index (χ4n) is 2.51. The van der Waals surface area contributed by atoms with Gasteiger partial charge in [0, 0.05) is 24.0 Å². The minimum atomic E-state index is -3.74. The van der Waals surface area contributed by atoms with Crippen molar-refractivity contribution in [2.24, 2.45) is 0 Å². The lowest BCUT2D eigenvalue weighted by Crippen LogP contribution is -2.28. The Kier molecular flexibility index (Phi) is 5.24. The number of aromatic nitrogens is 1. The largest absolute Gasteiger partial charge is 0.495 e. The van der Waals surface area contributed by atoms with Crippen molar-refractivity contribution in [3.63, 3.8) is 0 Å². The number of nitrogens with one attached hydrogen (secondary N) is 2.